The van der Waals surface area contributed by atoms with Crippen molar-refractivity contribution in [2.24, 2.45) is 10.9 Å². The first-order chi connectivity index (χ1) is 11.0. The molecule has 0 aliphatic carbocycles. The maximum absolute atomic E-state index is 11.5. The van der Waals surface area contributed by atoms with Gasteiger partial charge in [-0.15, -0.1) is 0 Å². The van der Waals surface area contributed by atoms with Gasteiger partial charge in [-0.05, 0) is 24.2 Å². The van der Waals surface area contributed by atoms with Crippen molar-refractivity contribution in [1.29, 1.82) is 0 Å². The highest BCUT2D eigenvalue weighted by molar-refractivity contribution is 7.99. The van der Waals surface area contributed by atoms with Gasteiger partial charge in [-0.2, -0.15) is 0 Å². The molecule has 0 bridgehead atoms. The summed E-state index contributed by atoms with van der Waals surface area (Å²) < 4.78 is 4.54. The van der Waals surface area contributed by atoms with Gasteiger partial charge in [0, 0.05) is 18.3 Å². The van der Waals surface area contributed by atoms with E-state index in [9.17, 15) is 9.59 Å². The Balaban J connectivity index is 1.90. The standard InChI is InChI=1S/C12H16N6O4S/c1-5(2)15-7-6(9(19)10(7)20)14-3-4-23-12-8(11(13)16-21)17-22-18-12/h5,14-15,21H,3-4H2,1-2H3,(H2,13,16). The molecule has 1 heterocycles. The summed E-state index contributed by atoms with van der Waals surface area (Å²) in [6, 6.07) is 0.0535. The third-order valence-electron chi connectivity index (χ3n) is 2.79. The first-order valence-corrected chi connectivity index (χ1v) is 7.71. The second-order valence-corrected chi connectivity index (χ2v) is 5.97. The number of nitrogens with zero attached hydrogens (tertiary/aromatic N) is 3. The molecule has 0 radical (unpaired) electrons. The van der Waals surface area contributed by atoms with Crippen LogP contribution in [0.5, 0.6) is 0 Å². The number of thioether (sulfide) groups is 1. The zero-order valence-electron chi connectivity index (χ0n) is 12.5. The van der Waals surface area contributed by atoms with E-state index in [-0.39, 0.29) is 17.6 Å². The van der Waals surface area contributed by atoms with Gasteiger partial charge in [0.15, 0.2) is 16.6 Å². The van der Waals surface area contributed by atoms with Gasteiger partial charge in [0.2, 0.25) is 0 Å². The number of hydrogen-bond acceptors (Lipinski definition) is 10. The van der Waals surface area contributed by atoms with Crippen LogP contribution < -0.4 is 27.2 Å². The third-order valence-corrected chi connectivity index (χ3v) is 3.74. The quantitative estimate of drug-likeness (QED) is 0.0963. The van der Waals surface area contributed by atoms with Crippen LogP contribution in [0.2, 0.25) is 0 Å². The summed E-state index contributed by atoms with van der Waals surface area (Å²) in [5.74, 6) is 0.299. The van der Waals surface area contributed by atoms with Crippen LogP contribution in [-0.2, 0) is 0 Å². The van der Waals surface area contributed by atoms with Crippen molar-refractivity contribution >= 4 is 29.0 Å². The van der Waals surface area contributed by atoms with E-state index in [1.807, 2.05) is 13.8 Å². The Morgan fingerprint density at radius 2 is 2.04 bits per heavy atom. The first kappa shape index (κ1) is 16.8. The molecule has 124 valence electrons. The van der Waals surface area contributed by atoms with Crippen molar-refractivity contribution in [1.82, 2.24) is 10.3 Å². The van der Waals surface area contributed by atoms with Crippen molar-refractivity contribution in [3.63, 3.8) is 0 Å². The molecule has 0 amide bonds. The van der Waals surface area contributed by atoms with E-state index < -0.39 is 10.9 Å². The van der Waals surface area contributed by atoms with Gasteiger partial charge in [0.1, 0.15) is 11.4 Å². The second-order valence-electron chi connectivity index (χ2n) is 4.89. The van der Waals surface area contributed by atoms with E-state index in [4.69, 9.17) is 10.9 Å². The number of amidine groups is 1. The van der Waals surface area contributed by atoms with Crippen LogP contribution in [0.1, 0.15) is 19.5 Å². The van der Waals surface area contributed by atoms with E-state index in [0.29, 0.717) is 28.7 Å². The number of oxime groups is 1. The lowest BCUT2D eigenvalue weighted by atomic mass is 10.1. The zero-order valence-corrected chi connectivity index (χ0v) is 13.3. The summed E-state index contributed by atoms with van der Waals surface area (Å²) in [5.41, 5.74) is 5.15. The smallest absolute Gasteiger partial charge is 0.253 e. The van der Waals surface area contributed by atoms with Gasteiger partial charge in [-0.1, -0.05) is 16.9 Å². The summed E-state index contributed by atoms with van der Waals surface area (Å²) in [7, 11) is 0. The molecule has 0 unspecified atom stereocenters. The highest BCUT2D eigenvalue weighted by Crippen LogP contribution is 2.20. The number of aromatic nitrogens is 2. The van der Waals surface area contributed by atoms with Crippen LogP contribution in [0.15, 0.2) is 24.4 Å². The Morgan fingerprint density at radius 3 is 2.70 bits per heavy atom. The van der Waals surface area contributed by atoms with Gasteiger partial charge < -0.3 is 21.6 Å². The minimum absolute atomic E-state index is 0.0535. The molecule has 0 spiro atoms. The zero-order chi connectivity index (χ0) is 17.0. The fourth-order valence-corrected chi connectivity index (χ4v) is 2.55. The lowest BCUT2D eigenvalue weighted by Gasteiger charge is -2.16. The van der Waals surface area contributed by atoms with E-state index in [1.54, 1.807) is 0 Å². The van der Waals surface area contributed by atoms with Crippen molar-refractivity contribution < 1.29 is 9.84 Å². The van der Waals surface area contributed by atoms with E-state index in [2.05, 4.69) is 30.7 Å². The Labute approximate surface area is 134 Å². The van der Waals surface area contributed by atoms with Crippen molar-refractivity contribution in [2.45, 2.75) is 24.9 Å². The minimum atomic E-state index is -0.529. The van der Waals surface area contributed by atoms with E-state index in [1.165, 1.54) is 11.8 Å². The van der Waals surface area contributed by atoms with Gasteiger partial charge >= 0.3 is 0 Å². The molecule has 0 fully saturated rings. The Hall–Kier alpha value is -2.56. The average Bonchev–Trinajstić information content (AvgIpc) is 3.00. The van der Waals surface area contributed by atoms with Crippen LogP contribution in [0.25, 0.3) is 0 Å². The Bertz CT molecular complexity index is 777. The number of hydrogen-bond donors (Lipinski definition) is 4. The Morgan fingerprint density at radius 1 is 1.35 bits per heavy atom. The molecule has 0 saturated heterocycles. The molecule has 5 N–H and O–H groups in total. The van der Waals surface area contributed by atoms with Gasteiger partial charge in [-0.3, -0.25) is 9.59 Å². The highest BCUT2D eigenvalue weighted by atomic mass is 32.2. The average molecular weight is 340 g/mol. The molecule has 1 aromatic heterocycles. The molecular formula is C12H16N6O4S. The molecule has 2 aromatic rings. The summed E-state index contributed by atoms with van der Waals surface area (Å²) in [6.45, 7) is 4.16. The first-order valence-electron chi connectivity index (χ1n) is 6.72. The molecule has 1 aromatic carbocycles. The normalized spacial score (nSPS) is 12.0. The number of anilines is 2. The lowest BCUT2D eigenvalue weighted by molar-refractivity contribution is 0.296. The molecule has 23 heavy (non-hydrogen) atoms. The number of nitrogens with one attached hydrogen (secondary N) is 2. The summed E-state index contributed by atoms with van der Waals surface area (Å²) in [5, 5.41) is 24.9. The van der Waals surface area contributed by atoms with Crippen LogP contribution >= 0.6 is 11.8 Å². The highest BCUT2D eigenvalue weighted by Gasteiger charge is 2.21. The minimum Gasteiger partial charge on any atom is -0.409 e. The largest absolute Gasteiger partial charge is 0.409 e. The monoisotopic (exact) mass is 340 g/mol. The van der Waals surface area contributed by atoms with Crippen LogP contribution in [-0.4, -0.2) is 39.7 Å². The number of rotatable bonds is 8. The van der Waals surface area contributed by atoms with E-state index >= 15 is 0 Å². The van der Waals surface area contributed by atoms with Crippen LogP contribution in [0.4, 0.5) is 11.4 Å². The van der Waals surface area contributed by atoms with Crippen LogP contribution in [0, 0.1) is 0 Å². The molecule has 2 rings (SSSR count). The maximum Gasteiger partial charge on any atom is 0.253 e. The van der Waals surface area contributed by atoms with Crippen molar-refractivity contribution in [3.8, 4) is 0 Å². The molecular weight excluding hydrogens is 324 g/mol. The fraction of sp³-hybridized carbons (Fsp3) is 0.417. The topological polar surface area (TPSA) is 156 Å². The lowest BCUT2D eigenvalue weighted by Crippen LogP contribution is -2.39. The predicted molar refractivity (Wildman–Crippen MR) is 86.1 cm³/mol. The predicted octanol–water partition coefficient (Wildman–Crippen LogP) is -0.215. The fourth-order valence-electron chi connectivity index (χ4n) is 1.79. The van der Waals surface area contributed by atoms with Crippen molar-refractivity contribution in [2.75, 3.05) is 22.9 Å². The number of nitrogens with two attached hydrogens (primary N) is 1. The molecule has 0 aliphatic rings. The molecule has 10 nitrogen and oxygen atoms in total. The molecule has 0 atom stereocenters. The van der Waals surface area contributed by atoms with Crippen LogP contribution in [0.3, 0.4) is 0 Å². The van der Waals surface area contributed by atoms with E-state index in [0.717, 1.165) is 0 Å². The SMILES string of the molecule is CC(C)Nc1c(NCCSc2nonc2/C(N)=N/O)c(=O)c1=O. The molecule has 0 saturated carbocycles. The van der Waals surface area contributed by atoms with Gasteiger partial charge in [-0.25, -0.2) is 4.63 Å². The molecule has 11 heteroatoms. The maximum atomic E-state index is 11.5. The van der Waals surface area contributed by atoms with Gasteiger partial charge in [0.25, 0.3) is 10.9 Å². The second kappa shape index (κ2) is 7.13. The van der Waals surface area contributed by atoms with Crippen molar-refractivity contribution in [3.05, 3.63) is 26.1 Å². The summed E-state index contributed by atoms with van der Waals surface area (Å²) >= 11 is 1.25. The summed E-state index contributed by atoms with van der Waals surface area (Å²) in [4.78, 5) is 23.0. The Kier molecular flexibility index (Phi) is 5.21. The third kappa shape index (κ3) is 3.62. The van der Waals surface area contributed by atoms with Gasteiger partial charge in [0.05, 0.1) is 0 Å². The summed E-state index contributed by atoms with van der Waals surface area (Å²) in [6.07, 6.45) is 0. The molecule has 0 aliphatic heterocycles.